The summed E-state index contributed by atoms with van der Waals surface area (Å²) >= 11 is 4.83. The van der Waals surface area contributed by atoms with E-state index in [9.17, 15) is 4.79 Å². The van der Waals surface area contributed by atoms with Crippen molar-refractivity contribution in [2.24, 2.45) is 16.1 Å². The first-order valence-corrected chi connectivity index (χ1v) is 4.33. The van der Waals surface area contributed by atoms with Gasteiger partial charge in [0.2, 0.25) is 5.11 Å². The average molecular weight is 185 g/mol. The first-order valence-electron chi connectivity index (χ1n) is 3.92. The summed E-state index contributed by atoms with van der Waals surface area (Å²) in [6, 6.07) is -0.333. The number of carbonyl (C=O) groups is 1. The van der Waals surface area contributed by atoms with Gasteiger partial charge in [0.05, 0.1) is 0 Å². The van der Waals surface area contributed by atoms with E-state index in [0.29, 0.717) is 17.6 Å². The van der Waals surface area contributed by atoms with E-state index in [4.69, 9.17) is 12.2 Å². The highest BCUT2D eigenvalue weighted by Gasteiger charge is 2.24. The Morgan fingerprint density at radius 2 is 2.25 bits per heavy atom. The molecule has 0 N–H and O–H groups in total. The minimum absolute atomic E-state index is 0.292. The van der Waals surface area contributed by atoms with E-state index in [1.54, 1.807) is 0 Å². The predicted molar refractivity (Wildman–Crippen MR) is 49.0 cm³/mol. The van der Waals surface area contributed by atoms with Crippen LogP contribution in [0.2, 0.25) is 0 Å². The Kier molecular flexibility index (Phi) is 2.86. The van der Waals surface area contributed by atoms with Crippen LogP contribution in [0.4, 0.5) is 4.79 Å². The zero-order valence-electron chi connectivity index (χ0n) is 7.15. The van der Waals surface area contributed by atoms with E-state index in [0.717, 1.165) is 6.42 Å². The van der Waals surface area contributed by atoms with Crippen molar-refractivity contribution < 1.29 is 4.79 Å². The standard InChI is InChI=1S/C7H11N3OS/c1-3-5(2)4-10-6(11)8-9-7(10)12/h5H,3-4H2,1-2H3. The number of amides is 2. The van der Waals surface area contributed by atoms with Gasteiger partial charge >= 0.3 is 6.03 Å². The lowest BCUT2D eigenvalue weighted by Crippen LogP contribution is -2.32. The van der Waals surface area contributed by atoms with Gasteiger partial charge in [0.15, 0.2) is 0 Å². The molecule has 1 aliphatic heterocycles. The highest BCUT2D eigenvalue weighted by molar-refractivity contribution is 7.80. The highest BCUT2D eigenvalue weighted by atomic mass is 32.1. The van der Waals surface area contributed by atoms with E-state index in [1.165, 1.54) is 4.90 Å². The van der Waals surface area contributed by atoms with E-state index in [2.05, 4.69) is 24.1 Å². The fourth-order valence-corrected chi connectivity index (χ4v) is 1.07. The molecule has 66 valence electrons. The Labute approximate surface area is 76.6 Å². The molecule has 0 spiro atoms. The second kappa shape index (κ2) is 3.71. The summed E-state index contributed by atoms with van der Waals surface area (Å²) in [5, 5.41) is 7.17. The lowest BCUT2D eigenvalue weighted by molar-refractivity contribution is 0.228. The maximum absolute atomic E-state index is 11.0. The van der Waals surface area contributed by atoms with Gasteiger partial charge in [0.25, 0.3) is 0 Å². The van der Waals surface area contributed by atoms with Gasteiger partial charge in [0, 0.05) is 6.54 Å². The van der Waals surface area contributed by atoms with Crippen LogP contribution in [0.15, 0.2) is 10.2 Å². The Bertz CT molecular complexity index is 221. The Morgan fingerprint density at radius 3 is 2.67 bits per heavy atom. The molecule has 1 atom stereocenters. The molecule has 0 radical (unpaired) electrons. The molecule has 0 saturated heterocycles. The van der Waals surface area contributed by atoms with Gasteiger partial charge in [-0.3, -0.25) is 4.90 Å². The van der Waals surface area contributed by atoms with Gasteiger partial charge < -0.3 is 0 Å². The third-order valence-corrected chi connectivity index (χ3v) is 2.18. The lowest BCUT2D eigenvalue weighted by Gasteiger charge is -2.16. The van der Waals surface area contributed by atoms with Gasteiger partial charge in [0.1, 0.15) is 0 Å². The maximum Gasteiger partial charge on any atom is 0.368 e. The number of rotatable bonds is 3. The molecule has 1 rings (SSSR count). The number of thiocarbonyl (C=S) groups is 1. The molecule has 0 aromatic rings. The van der Waals surface area contributed by atoms with Crippen LogP contribution in [0.1, 0.15) is 20.3 Å². The maximum atomic E-state index is 11.0. The number of hydrogen-bond donors (Lipinski definition) is 0. The van der Waals surface area contributed by atoms with Crippen molar-refractivity contribution in [3.05, 3.63) is 0 Å². The lowest BCUT2D eigenvalue weighted by atomic mass is 10.1. The van der Waals surface area contributed by atoms with Gasteiger partial charge in [-0.25, -0.2) is 4.79 Å². The quantitative estimate of drug-likeness (QED) is 0.633. The zero-order valence-corrected chi connectivity index (χ0v) is 7.97. The molecule has 0 aliphatic carbocycles. The summed E-state index contributed by atoms with van der Waals surface area (Å²) < 4.78 is 0. The fraction of sp³-hybridized carbons (Fsp3) is 0.714. The van der Waals surface area contributed by atoms with Crippen LogP contribution in [0.3, 0.4) is 0 Å². The molecule has 5 heteroatoms. The van der Waals surface area contributed by atoms with E-state index >= 15 is 0 Å². The Balaban J connectivity index is 2.53. The third kappa shape index (κ3) is 1.85. The van der Waals surface area contributed by atoms with Crippen LogP contribution in [-0.4, -0.2) is 22.6 Å². The summed E-state index contributed by atoms with van der Waals surface area (Å²) in [7, 11) is 0. The number of carbonyl (C=O) groups excluding carboxylic acids is 1. The largest absolute Gasteiger partial charge is 0.368 e. The minimum atomic E-state index is -0.333. The van der Waals surface area contributed by atoms with Gasteiger partial charge in [-0.05, 0) is 18.1 Å². The summed E-state index contributed by atoms with van der Waals surface area (Å²) in [4.78, 5) is 12.4. The number of urea groups is 1. The van der Waals surface area contributed by atoms with Crippen LogP contribution in [-0.2, 0) is 0 Å². The number of hydrogen-bond acceptors (Lipinski definition) is 2. The number of azo groups is 1. The topological polar surface area (TPSA) is 45.0 Å². The van der Waals surface area contributed by atoms with E-state index in [-0.39, 0.29) is 6.03 Å². The molecule has 4 nitrogen and oxygen atoms in total. The van der Waals surface area contributed by atoms with Crippen molar-refractivity contribution in [1.29, 1.82) is 0 Å². The molecule has 0 aromatic heterocycles. The summed E-state index contributed by atoms with van der Waals surface area (Å²) in [5.74, 6) is 0.440. The molecule has 1 heterocycles. The molecule has 1 aliphatic rings. The number of nitrogens with zero attached hydrogens (tertiary/aromatic N) is 3. The molecule has 0 bridgehead atoms. The normalized spacial score (nSPS) is 19.0. The predicted octanol–water partition coefficient (Wildman–Crippen LogP) is 2.21. The molecule has 0 saturated carbocycles. The molecular weight excluding hydrogens is 174 g/mol. The van der Waals surface area contributed by atoms with Crippen molar-refractivity contribution in [2.45, 2.75) is 20.3 Å². The van der Waals surface area contributed by atoms with Crippen LogP contribution in [0.25, 0.3) is 0 Å². The summed E-state index contributed by atoms with van der Waals surface area (Å²) in [6.07, 6.45) is 1.02. The van der Waals surface area contributed by atoms with Crippen molar-refractivity contribution >= 4 is 23.4 Å². The molecule has 0 aromatic carbocycles. The Morgan fingerprint density at radius 1 is 1.58 bits per heavy atom. The second-order valence-corrected chi connectivity index (χ2v) is 3.25. The molecule has 1 unspecified atom stereocenters. The molecule has 0 fully saturated rings. The molecular formula is C7H11N3OS. The molecule has 12 heavy (non-hydrogen) atoms. The van der Waals surface area contributed by atoms with Crippen LogP contribution < -0.4 is 0 Å². The summed E-state index contributed by atoms with van der Waals surface area (Å²) in [6.45, 7) is 4.76. The first kappa shape index (κ1) is 9.25. The van der Waals surface area contributed by atoms with Crippen LogP contribution in [0.5, 0.6) is 0 Å². The van der Waals surface area contributed by atoms with Crippen LogP contribution >= 0.6 is 12.2 Å². The fourth-order valence-electron chi connectivity index (χ4n) is 0.872. The smallest absolute Gasteiger partial charge is 0.264 e. The average Bonchev–Trinajstić information content (AvgIpc) is 2.35. The van der Waals surface area contributed by atoms with Crippen molar-refractivity contribution in [3.63, 3.8) is 0 Å². The first-order chi connectivity index (χ1) is 5.65. The van der Waals surface area contributed by atoms with Gasteiger partial charge in [-0.2, -0.15) is 0 Å². The van der Waals surface area contributed by atoms with E-state index in [1.807, 2.05) is 0 Å². The van der Waals surface area contributed by atoms with Crippen LogP contribution in [0, 0.1) is 5.92 Å². The monoisotopic (exact) mass is 185 g/mol. The van der Waals surface area contributed by atoms with E-state index < -0.39 is 0 Å². The SMILES string of the molecule is CCC(C)CN1C(=O)N=NC1=S. The zero-order chi connectivity index (χ0) is 9.14. The van der Waals surface area contributed by atoms with Crippen molar-refractivity contribution in [2.75, 3.05) is 6.54 Å². The second-order valence-electron chi connectivity index (χ2n) is 2.89. The Hall–Kier alpha value is -0.840. The van der Waals surface area contributed by atoms with Crippen molar-refractivity contribution in [3.8, 4) is 0 Å². The van der Waals surface area contributed by atoms with Gasteiger partial charge in [-0.15, -0.1) is 5.11 Å². The third-order valence-electron chi connectivity index (χ3n) is 1.87. The van der Waals surface area contributed by atoms with Crippen molar-refractivity contribution in [1.82, 2.24) is 4.90 Å². The summed E-state index contributed by atoms with van der Waals surface area (Å²) in [5.41, 5.74) is 0. The highest BCUT2D eigenvalue weighted by Crippen LogP contribution is 2.12. The molecule has 2 amide bonds. The minimum Gasteiger partial charge on any atom is -0.264 e. The van der Waals surface area contributed by atoms with Gasteiger partial charge in [-0.1, -0.05) is 25.4 Å².